The van der Waals surface area contributed by atoms with E-state index in [9.17, 15) is 9.59 Å². The molecule has 2 aromatic heterocycles. The Hall–Kier alpha value is -4.25. The molecule has 6 rings (SSSR count). The Morgan fingerprint density at radius 2 is 1.73 bits per heavy atom. The van der Waals surface area contributed by atoms with E-state index in [4.69, 9.17) is 11.6 Å². The number of rotatable bonds is 8. The van der Waals surface area contributed by atoms with Crippen LogP contribution in [0.3, 0.4) is 0 Å². The van der Waals surface area contributed by atoms with E-state index in [2.05, 4.69) is 25.8 Å². The molecule has 0 unspecified atom stereocenters. The summed E-state index contributed by atoms with van der Waals surface area (Å²) in [4.78, 5) is 30.4. The van der Waals surface area contributed by atoms with E-state index >= 15 is 0 Å². The molecule has 4 aromatic carbocycles. The van der Waals surface area contributed by atoms with Gasteiger partial charge in [0.2, 0.25) is 5.91 Å². The first-order valence-corrected chi connectivity index (χ1v) is 14.5. The van der Waals surface area contributed by atoms with Gasteiger partial charge in [0.1, 0.15) is 0 Å². The summed E-state index contributed by atoms with van der Waals surface area (Å²) in [6, 6.07) is 28.3. The van der Waals surface area contributed by atoms with Gasteiger partial charge in [-0.05, 0) is 47.2 Å². The Kier molecular flexibility index (Phi) is 7.45. The second kappa shape index (κ2) is 11.5. The third kappa shape index (κ3) is 5.55. The zero-order chi connectivity index (χ0) is 27.5. The number of thiazole rings is 1. The Labute approximate surface area is 242 Å². The summed E-state index contributed by atoms with van der Waals surface area (Å²) in [7, 11) is 0. The third-order valence-electron chi connectivity index (χ3n) is 6.08. The fraction of sp³-hybridized carbons (Fsp3) is 0.0690. The number of carbonyl (C=O) groups excluding carboxylic acids is 2. The van der Waals surface area contributed by atoms with Crippen LogP contribution in [0.25, 0.3) is 26.7 Å². The highest BCUT2D eigenvalue weighted by Crippen LogP contribution is 2.27. The third-order valence-corrected chi connectivity index (χ3v) is 8.20. The van der Waals surface area contributed by atoms with Crippen LogP contribution < -0.4 is 10.6 Å². The first-order chi connectivity index (χ1) is 19.5. The van der Waals surface area contributed by atoms with E-state index in [0.717, 1.165) is 26.7 Å². The van der Waals surface area contributed by atoms with Crippen molar-refractivity contribution in [2.75, 3.05) is 11.1 Å². The molecule has 40 heavy (non-hydrogen) atoms. The molecule has 0 saturated carbocycles. The average molecular weight is 585 g/mol. The zero-order valence-corrected chi connectivity index (χ0v) is 23.3. The summed E-state index contributed by atoms with van der Waals surface area (Å²) in [5, 5.41) is 17.9. The van der Waals surface area contributed by atoms with E-state index in [1.807, 2.05) is 72.8 Å². The van der Waals surface area contributed by atoms with E-state index in [1.54, 1.807) is 22.8 Å². The van der Waals surface area contributed by atoms with Crippen LogP contribution in [0.4, 0.5) is 5.13 Å². The summed E-state index contributed by atoms with van der Waals surface area (Å²) in [5.74, 6) is 0.166. The van der Waals surface area contributed by atoms with Gasteiger partial charge >= 0.3 is 0 Å². The number of hydrogen-bond donors (Lipinski definition) is 2. The van der Waals surface area contributed by atoms with Crippen molar-refractivity contribution in [1.29, 1.82) is 0 Å². The van der Waals surface area contributed by atoms with E-state index in [0.29, 0.717) is 26.7 Å². The largest absolute Gasteiger partial charge is 0.345 e. The fourth-order valence-corrected chi connectivity index (χ4v) is 6.11. The van der Waals surface area contributed by atoms with Gasteiger partial charge in [-0.2, -0.15) is 0 Å². The van der Waals surface area contributed by atoms with E-state index in [-0.39, 0.29) is 24.1 Å². The normalized spacial score (nSPS) is 11.1. The minimum atomic E-state index is -0.221. The maximum absolute atomic E-state index is 13.1. The number of halogens is 1. The van der Waals surface area contributed by atoms with Crippen LogP contribution in [0.15, 0.2) is 96.2 Å². The second-order valence-electron chi connectivity index (χ2n) is 8.75. The monoisotopic (exact) mass is 584 g/mol. The van der Waals surface area contributed by atoms with Crippen molar-refractivity contribution in [2.45, 2.75) is 11.7 Å². The van der Waals surface area contributed by atoms with Gasteiger partial charge in [0.05, 0.1) is 28.2 Å². The molecule has 0 radical (unpaired) electrons. The molecule has 2 N–H and O–H groups in total. The number of anilines is 1. The molecule has 0 aliphatic heterocycles. The average Bonchev–Trinajstić information content (AvgIpc) is 3.57. The standard InChI is InChI=1S/C29H21ClN6O2S2/c30-19-9-6-10-20(15-19)36-25(16-31-27(38)22-12-5-8-18-7-1-2-11-21(18)22)34-35-29(36)39-17-26(37)33-28-32-23-13-3-4-14-24(23)40-28/h1-15H,16-17H2,(H,31,38)(H,32,33,37). The molecule has 198 valence electrons. The van der Waals surface area contributed by atoms with Crippen LogP contribution in [-0.2, 0) is 11.3 Å². The number of aromatic nitrogens is 4. The molecular formula is C29H21ClN6O2S2. The number of nitrogens with one attached hydrogen (secondary N) is 2. The van der Waals surface area contributed by atoms with Gasteiger partial charge in [-0.1, -0.05) is 89.3 Å². The summed E-state index contributed by atoms with van der Waals surface area (Å²) in [6.07, 6.45) is 0. The number of hydrogen-bond acceptors (Lipinski definition) is 7. The Bertz CT molecular complexity index is 1830. The molecule has 11 heteroatoms. The Morgan fingerprint density at radius 3 is 2.60 bits per heavy atom. The maximum Gasteiger partial charge on any atom is 0.252 e. The fourth-order valence-electron chi connectivity index (χ4n) is 4.27. The summed E-state index contributed by atoms with van der Waals surface area (Å²) >= 11 is 8.93. The number of para-hydroxylation sites is 1. The minimum absolute atomic E-state index is 0.0942. The lowest BCUT2D eigenvalue weighted by molar-refractivity contribution is -0.113. The number of fused-ring (bicyclic) bond motifs is 2. The molecule has 2 amide bonds. The Morgan fingerprint density at radius 1 is 0.925 bits per heavy atom. The topological polar surface area (TPSA) is 102 Å². The van der Waals surface area contributed by atoms with Crippen molar-refractivity contribution in [1.82, 2.24) is 25.1 Å². The predicted molar refractivity (Wildman–Crippen MR) is 160 cm³/mol. The lowest BCUT2D eigenvalue weighted by Gasteiger charge is -2.12. The number of nitrogens with zero attached hydrogens (tertiary/aromatic N) is 4. The van der Waals surface area contributed by atoms with Crippen LogP contribution in [0.2, 0.25) is 5.02 Å². The molecule has 2 heterocycles. The molecule has 0 atom stereocenters. The van der Waals surface area contributed by atoms with Gasteiger partial charge < -0.3 is 10.6 Å². The van der Waals surface area contributed by atoms with Gasteiger partial charge in [-0.3, -0.25) is 14.2 Å². The molecule has 0 spiro atoms. The quantitative estimate of drug-likeness (QED) is 0.202. The predicted octanol–water partition coefficient (Wildman–Crippen LogP) is 6.34. The van der Waals surface area contributed by atoms with Gasteiger partial charge in [0.15, 0.2) is 16.1 Å². The molecule has 0 bridgehead atoms. The summed E-state index contributed by atoms with van der Waals surface area (Å²) < 4.78 is 2.80. The summed E-state index contributed by atoms with van der Waals surface area (Å²) in [5.41, 5.74) is 2.14. The minimum Gasteiger partial charge on any atom is -0.345 e. The SMILES string of the molecule is O=C(CSc1nnc(CNC(=O)c2cccc3ccccc23)n1-c1cccc(Cl)c1)Nc1nc2ccccc2s1. The van der Waals surface area contributed by atoms with Gasteiger partial charge in [-0.25, -0.2) is 4.98 Å². The lowest BCUT2D eigenvalue weighted by Crippen LogP contribution is -2.25. The van der Waals surface area contributed by atoms with E-state index < -0.39 is 0 Å². The van der Waals surface area contributed by atoms with Gasteiger partial charge in [0.25, 0.3) is 5.91 Å². The van der Waals surface area contributed by atoms with Crippen molar-refractivity contribution in [3.8, 4) is 5.69 Å². The highest BCUT2D eigenvalue weighted by Gasteiger charge is 2.18. The Balaban J connectivity index is 1.20. The second-order valence-corrected chi connectivity index (χ2v) is 11.2. The zero-order valence-electron chi connectivity index (χ0n) is 20.9. The molecule has 8 nitrogen and oxygen atoms in total. The molecule has 0 aliphatic carbocycles. The first-order valence-electron chi connectivity index (χ1n) is 12.3. The number of benzene rings is 4. The highest BCUT2D eigenvalue weighted by molar-refractivity contribution is 7.99. The van der Waals surface area contributed by atoms with Crippen LogP contribution in [0, 0.1) is 0 Å². The van der Waals surface area contributed by atoms with Gasteiger partial charge in [-0.15, -0.1) is 10.2 Å². The molecular weight excluding hydrogens is 564 g/mol. The van der Waals surface area contributed by atoms with Crippen LogP contribution in [0.1, 0.15) is 16.2 Å². The lowest BCUT2D eigenvalue weighted by atomic mass is 10.0. The van der Waals surface area contributed by atoms with Crippen LogP contribution >= 0.6 is 34.7 Å². The van der Waals surface area contributed by atoms with Crippen molar-refractivity contribution < 1.29 is 9.59 Å². The van der Waals surface area contributed by atoms with Crippen LogP contribution in [-0.4, -0.2) is 37.3 Å². The number of amides is 2. The first kappa shape index (κ1) is 26.0. The van der Waals surface area contributed by atoms with Crippen LogP contribution in [0.5, 0.6) is 0 Å². The van der Waals surface area contributed by atoms with E-state index in [1.165, 1.54) is 23.1 Å². The maximum atomic E-state index is 13.1. The van der Waals surface area contributed by atoms with Crippen molar-refractivity contribution in [3.63, 3.8) is 0 Å². The van der Waals surface area contributed by atoms with Crippen molar-refractivity contribution in [3.05, 3.63) is 107 Å². The summed E-state index contributed by atoms with van der Waals surface area (Å²) in [6.45, 7) is 0.125. The number of carbonyl (C=O) groups is 2. The number of thioether (sulfide) groups is 1. The smallest absolute Gasteiger partial charge is 0.252 e. The van der Waals surface area contributed by atoms with Crippen molar-refractivity contribution >= 4 is 72.6 Å². The highest BCUT2D eigenvalue weighted by atomic mass is 35.5. The molecule has 0 aliphatic rings. The molecule has 6 aromatic rings. The van der Waals surface area contributed by atoms with Gasteiger partial charge in [0, 0.05) is 10.6 Å². The molecule has 0 fully saturated rings. The molecule has 0 saturated heterocycles. The van der Waals surface area contributed by atoms with Crippen molar-refractivity contribution in [2.24, 2.45) is 0 Å².